The fraction of sp³-hybridized carbons (Fsp3) is 1.00. The molecule has 0 aromatic heterocycles. The van der Waals surface area contributed by atoms with E-state index in [1.54, 1.807) is 0 Å². The van der Waals surface area contributed by atoms with Gasteiger partial charge in [-0.15, -0.1) is 0 Å². The van der Waals surface area contributed by atoms with Gasteiger partial charge >= 0.3 is 9.28 Å². The zero-order valence-corrected chi connectivity index (χ0v) is 16.4. The van der Waals surface area contributed by atoms with Gasteiger partial charge in [0.2, 0.25) is 0 Å². The third-order valence-corrected chi connectivity index (χ3v) is 9.99. The summed E-state index contributed by atoms with van der Waals surface area (Å²) in [5.41, 5.74) is 0. The summed E-state index contributed by atoms with van der Waals surface area (Å²) in [5, 5.41) is -0.364. The van der Waals surface area contributed by atoms with Gasteiger partial charge in [-0.2, -0.15) is 0 Å². The van der Waals surface area contributed by atoms with E-state index in [0.717, 1.165) is 42.7 Å². The molecule has 2 saturated heterocycles. The van der Waals surface area contributed by atoms with Crippen LogP contribution in [0.3, 0.4) is 0 Å². The Labute approximate surface area is 127 Å². The van der Waals surface area contributed by atoms with Crippen LogP contribution in [0.2, 0.25) is 0 Å². The molecule has 6 heteroatoms. The van der Waals surface area contributed by atoms with Crippen LogP contribution >= 0.6 is 0 Å². The summed E-state index contributed by atoms with van der Waals surface area (Å²) in [6, 6.07) is 0. The van der Waals surface area contributed by atoms with E-state index in [9.17, 15) is 0 Å². The van der Waals surface area contributed by atoms with Gasteiger partial charge in [0.25, 0.3) is 0 Å². The quantitative estimate of drug-likeness (QED) is 0.685. The van der Waals surface area contributed by atoms with Gasteiger partial charge in [-0.1, -0.05) is 0 Å². The van der Waals surface area contributed by atoms with Crippen LogP contribution < -0.4 is 0 Å². The minimum Gasteiger partial charge on any atom is -0.395 e. The second kappa shape index (κ2) is 7.51. The summed E-state index contributed by atoms with van der Waals surface area (Å²) < 4.78 is 24.8. The highest BCUT2D eigenvalue weighted by molar-refractivity contribution is 6.50. The predicted molar refractivity (Wildman–Crippen MR) is 85.4 cm³/mol. The van der Waals surface area contributed by atoms with Gasteiger partial charge in [0.05, 0.1) is 5.22 Å². The highest BCUT2D eigenvalue weighted by Crippen LogP contribution is 2.43. The van der Waals surface area contributed by atoms with Crippen LogP contribution in [0.15, 0.2) is 0 Å². The molecule has 2 fully saturated rings. The molecule has 0 radical (unpaired) electrons. The van der Waals surface area contributed by atoms with Crippen molar-refractivity contribution in [2.75, 3.05) is 26.4 Å². The van der Waals surface area contributed by atoms with E-state index >= 15 is 0 Å². The molecule has 4 nitrogen and oxygen atoms in total. The molecule has 0 N–H and O–H groups in total. The van der Waals surface area contributed by atoms with Gasteiger partial charge in [-0.3, -0.25) is 0 Å². The van der Waals surface area contributed by atoms with E-state index in [1.807, 2.05) is 0 Å². The van der Waals surface area contributed by atoms with Gasteiger partial charge in [0, 0.05) is 36.7 Å². The standard InChI is InChI=1S/C14H30O4Si2/c1-3-17-20(18-4-2)14(10-6-8-12-16-14)13(19)9-5-7-11-15-13/h20H,3-12H2,1-2,19H3. The topological polar surface area (TPSA) is 36.9 Å². The van der Waals surface area contributed by atoms with E-state index in [0.29, 0.717) is 13.2 Å². The normalized spacial score (nSPS) is 35.5. The Morgan fingerprint density at radius 3 is 2.00 bits per heavy atom. The number of hydrogen-bond donors (Lipinski definition) is 0. The van der Waals surface area contributed by atoms with Crippen molar-refractivity contribution in [2.45, 2.75) is 62.8 Å². The Morgan fingerprint density at radius 1 is 0.950 bits per heavy atom. The Balaban J connectivity index is 2.27. The molecule has 2 atom stereocenters. The third-order valence-electron chi connectivity index (χ3n) is 4.68. The lowest BCUT2D eigenvalue weighted by atomic mass is 9.96. The van der Waals surface area contributed by atoms with Gasteiger partial charge in [0.15, 0.2) is 0 Å². The maximum atomic E-state index is 6.40. The summed E-state index contributed by atoms with van der Waals surface area (Å²) >= 11 is 0. The van der Waals surface area contributed by atoms with Crippen LogP contribution in [0.4, 0.5) is 0 Å². The van der Waals surface area contributed by atoms with Crippen molar-refractivity contribution in [3.63, 3.8) is 0 Å². The molecular formula is C14H30O4Si2. The first-order valence-electron chi connectivity index (χ1n) is 8.19. The maximum absolute atomic E-state index is 6.40. The van der Waals surface area contributed by atoms with Gasteiger partial charge in [0.1, 0.15) is 5.22 Å². The maximum Gasteiger partial charge on any atom is 0.357 e. The fourth-order valence-electron chi connectivity index (χ4n) is 3.56. The molecular weight excluding hydrogens is 288 g/mol. The van der Waals surface area contributed by atoms with Crippen LogP contribution in [0.1, 0.15) is 52.4 Å². The SMILES string of the molecule is CCO[SiH](OCC)C1(C2([SiH3])CCCCO2)CCCCO1. The largest absolute Gasteiger partial charge is 0.395 e. The molecule has 0 spiro atoms. The molecule has 0 saturated carbocycles. The lowest BCUT2D eigenvalue weighted by molar-refractivity contribution is -0.174. The van der Waals surface area contributed by atoms with Crippen molar-refractivity contribution in [3.8, 4) is 0 Å². The average Bonchev–Trinajstić information content (AvgIpc) is 2.48. The molecule has 0 aromatic carbocycles. The van der Waals surface area contributed by atoms with Crippen molar-refractivity contribution >= 4 is 19.5 Å². The summed E-state index contributed by atoms with van der Waals surface area (Å²) in [5.74, 6) is 0. The van der Waals surface area contributed by atoms with Crippen LogP contribution in [-0.4, -0.2) is 56.4 Å². The number of ether oxygens (including phenoxy) is 2. The Morgan fingerprint density at radius 2 is 1.55 bits per heavy atom. The molecule has 0 aliphatic carbocycles. The van der Waals surface area contributed by atoms with Gasteiger partial charge in [-0.25, -0.2) is 0 Å². The first-order chi connectivity index (χ1) is 9.68. The molecule has 2 aliphatic rings. The highest BCUT2D eigenvalue weighted by Gasteiger charge is 2.59. The molecule has 20 heavy (non-hydrogen) atoms. The minimum absolute atomic E-state index is 0.104. The highest BCUT2D eigenvalue weighted by atomic mass is 28.3. The minimum atomic E-state index is -1.90. The molecule has 2 rings (SSSR count). The summed E-state index contributed by atoms with van der Waals surface area (Å²) in [6.45, 7) is 7.22. The molecule has 0 amide bonds. The average molecular weight is 319 g/mol. The van der Waals surface area contributed by atoms with Crippen LogP contribution in [0, 0.1) is 0 Å². The van der Waals surface area contributed by atoms with Crippen molar-refractivity contribution < 1.29 is 18.3 Å². The van der Waals surface area contributed by atoms with Crippen molar-refractivity contribution in [2.24, 2.45) is 0 Å². The van der Waals surface area contributed by atoms with Crippen molar-refractivity contribution in [1.82, 2.24) is 0 Å². The summed E-state index contributed by atoms with van der Waals surface area (Å²) in [7, 11) is -0.919. The first kappa shape index (κ1) is 16.6. The fourth-order valence-corrected chi connectivity index (χ4v) is 7.88. The summed E-state index contributed by atoms with van der Waals surface area (Å²) in [6.07, 6.45) is 6.94. The van der Waals surface area contributed by atoms with E-state index < -0.39 is 9.28 Å². The first-order valence-corrected chi connectivity index (χ1v) is 10.7. The monoisotopic (exact) mass is 318 g/mol. The zero-order valence-electron chi connectivity index (χ0n) is 13.3. The third kappa shape index (κ3) is 3.20. The Kier molecular flexibility index (Phi) is 6.25. The van der Waals surface area contributed by atoms with Gasteiger partial charge in [-0.05, 0) is 52.4 Å². The lowest BCUT2D eigenvalue weighted by Crippen LogP contribution is -2.69. The van der Waals surface area contributed by atoms with Crippen molar-refractivity contribution in [3.05, 3.63) is 0 Å². The van der Waals surface area contributed by atoms with Gasteiger partial charge < -0.3 is 18.3 Å². The molecule has 2 aliphatic heterocycles. The van der Waals surface area contributed by atoms with E-state index in [-0.39, 0.29) is 10.4 Å². The van der Waals surface area contributed by atoms with Crippen LogP contribution in [0.25, 0.3) is 0 Å². The zero-order chi connectivity index (χ0) is 14.5. The van der Waals surface area contributed by atoms with Crippen molar-refractivity contribution in [1.29, 1.82) is 0 Å². The van der Waals surface area contributed by atoms with E-state index in [4.69, 9.17) is 18.3 Å². The lowest BCUT2D eigenvalue weighted by Gasteiger charge is -2.53. The number of rotatable bonds is 6. The van der Waals surface area contributed by atoms with E-state index in [1.165, 1.54) is 19.3 Å². The molecule has 118 valence electrons. The second-order valence-corrected chi connectivity index (χ2v) is 9.85. The summed E-state index contributed by atoms with van der Waals surface area (Å²) in [4.78, 5) is 0. The molecule has 0 bridgehead atoms. The Hall–Kier alpha value is 0.274. The molecule has 0 aromatic rings. The molecule has 2 unspecified atom stereocenters. The second-order valence-electron chi connectivity index (χ2n) is 5.97. The van der Waals surface area contributed by atoms with Crippen LogP contribution in [-0.2, 0) is 18.3 Å². The van der Waals surface area contributed by atoms with Crippen LogP contribution in [0.5, 0.6) is 0 Å². The van der Waals surface area contributed by atoms with E-state index in [2.05, 4.69) is 13.8 Å². The smallest absolute Gasteiger partial charge is 0.357 e. The number of hydrogen-bond acceptors (Lipinski definition) is 4. The predicted octanol–water partition coefficient (Wildman–Crippen LogP) is 1.02. The molecule has 2 heterocycles. The Bertz CT molecular complexity index is 283.